The van der Waals surface area contributed by atoms with Crippen LogP contribution in [0.1, 0.15) is 19.3 Å². The van der Waals surface area contributed by atoms with Crippen LogP contribution in [0.4, 0.5) is 5.69 Å². The van der Waals surface area contributed by atoms with E-state index in [-0.39, 0.29) is 9.79 Å². The van der Waals surface area contributed by atoms with Crippen LogP contribution in [0.15, 0.2) is 58.3 Å². The summed E-state index contributed by atoms with van der Waals surface area (Å²) in [5.74, 6) is 0.616. The number of hydrogen-bond donors (Lipinski definition) is 1. The highest BCUT2D eigenvalue weighted by molar-refractivity contribution is 7.92. The van der Waals surface area contributed by atoms with Gasteiger partial charge in [0.05, 0.1) is 16.9 Å². The van der Waals surface area contributed by atoms with Crippen LogP contribution in [0, 0.1) is 0 Å². The first kappa shape index (κ1) is 19.7. The van der Waals surface area contributed by atoms with E-state index in [1.807, 2.05) is 0 Å². The molecule has 27 heavy (non-hydrogen) atoms. The third-order valence-corrected chi connectivity index (χ3v) is 7.74. The van der Waals surface area contributed by atoms with Crippen molar-refractivity contribution in [2.24, 2.45) is 0 Å². The lowest BCUT2D eigenvalue weighted by atomic mass is 10.2. The summed E-state index contributed by atoms with van der Waals surface area (Å²) < 4.78 is 59.3. The second-order valence-electron chi connectivity index (χ2n) is 6.27. The monoisotopic (exact) mass is 410 g/mol. The molecular weight excluding hydrogens is 388 g/mol. The zero-order chi connectivity index (χ0) is 19.5. The predicted molar refractivity (Wildman–Crippen MR) is 103 cm³/mol. The highest BCUT2D eigenvalue weighted by Crippen LogP contribution is 2.23. The average molecular weight is 411 g/mol. The van der Waals surface area contributed by atoms with Crippen LogP contribution in [0.3, 0.4) is 0 Å². The molecule has 7 nitrogen and oxygen atoms in total. The lowest BCUT2D eigenvalue weighted by Gasteiger charge is -2.25. The zero-order valence-corrected chi connectivity index (χ0v) is 16.6. The molecule has 1 aliphatic heterocycles. The topological polar surface area (TPSA) is 92.8 Å². The molecule has 1 fully saturated rings. The van der Waals surface area contributed by atoms with Gasteiger partial charge in [-0.1, -0.05) is 6.42 Å². The van der Waals surface area contributed by atoms with E-state index in [4.69, 9.17) is 4.74 Å². The molecule has 0 amide bonds. The van der Waals surface area contributed by atoms with E-state index in [2.05, 4.69) is 4.72 Å². The van der Waals surface area contributed by atoms with E-state index in [0.717, 1.165) is 19.3 Å². The van der Waals surface area contributed by atoms with Gasteiger partial charge in [0.1, 0.15) is 5.75 Å². The Morgan fingerprint density at radius 3 is 1.93 bits per heavy atom. The van der Waals surface area contributed by atoms with Gasteiger partial charge in [0, 0.05) is 18.8 Å². The third-order valence-electron chi connectivity index (χ3n) is 4.43. The summed E-state index contributed by atoms with van der Waals surface area (Å²) in [6.07, 6.45) is 2.72. The second-order valence-corrected chi connectivity index (χ2v) is 9.89. The number of piperidine rings is 1. The largest absolute Gasteiger partial charge is 0.497 e. The van der Waals surface area contributed by atoms with E-state index >= 15 is 0 Å². The number of nitrogens with zero attached hydrogens (tertiary/aromatic N) is 1. The molecule has 0 saturated carbocycles. The van der Waals surface area contributed by atoms with Crippen molar-refractivity contribution < 1.29 is 21.6 Å². The molecular formula is C18H22N2O5S2. The second kappa shape index (κ2) is 7.87. The highest BCUT2D eigenvalue weighted by atomic mass is 32.2. The maximum atomic E-state index is 12.6. The number of nitrogens with one attached hydrogen (secondary N) is 1. The van der Waals surface area contributed by atoms with Gasteiger partial charge in [0.15, 0.2) is 0 Å². The van der Waals surface area contributed by atoms with Crippen LogP contribution in [-0.2, 0) is 20.0 Å². The van der Waals surface area contributed by atoms with Gasteiger partial charge in [-0.2, -0.15) is 4.31 Å². The molecule has 0 atom stereocenters. The van der Waals surface area contributed by atoms with Gasteiger partial charge < -0.3 is 4.74 Å². The van der Waals surface area contributed by atoms with Gasteiger partial charge in [-0.25, -0.2) is 16.8 Å². The van der Waals surface area contributed by atoms with Crippen molar-refractivity contribution in [3.8, 4) is 5.75 Å². The van der Waals surface area contributed by atoms with Gasteiger partial charge in [-0.3, -0.25) is 4.72 Å². The minimum atomic E-state index is -3.82. The summed E-state index contributed by atoms with van der Waals surface area (Å²) in [5, 5.41) is 0. The van der Waals surface area contributed by atoms with Gasteiger partial charge in [0.25, 0.3) is 10.0 Å². The molecule has 0 aromatic heterocycles. The van der Waals surface area contributed by atoms with Crippen molar-refractivity contribution in [3.05, 3.63) is 48.5 Å². The third kappa shape index (κ3) is 4.42. The first-order chi connectivity index (χ1) is 12.8. The molecule has 9 heteroatoms. The van der Waals surface area contributed by atoms with Crippen LogP contribution in [0.2, 0.25) is 0 Å². The van der Waals surface area contributed by atoms with E-state index in [1.54, 1.807) is 24.3 Å². The van der Waals surface area contributed by atoms with Crippen molar-refractivity contribution in [1.29, 1.82) is 0 Å². The van der Waals surface area contributed by atoms with Gasteiger partial charge >= 0.3 is 0 Å². The van der Waals surface area contributed by atoms with Crippen molar-refractivity contribution in [2.45, 2.75) is 29.1 Å². The summed E-state index contributed by atoms with van der Waals surface area (Å²) >= 11 is 0. The Morgan fingerprint density at radius 1 is 0.815 bits per heavy atom. The van der Waals surface area contributed by atoms with Crippen LogP contribution in [0.25, 0.3) is 0 Å². The smallest absolute Gasteiger partial charge is 0.261 e. The number of benzene rings is 2. The standard InChI is InChI=1S/C18H22N2O5S2/c1-25-16-7-5-15(6-8-16)19-26(21,22)17-9-11-18(12-10-17)27(23,24)20-13-3-2-4-14-20/h5-12,19H,2-4,13-14H2,1H3. The Balaban J connectivity index is 1.78. The Bertz CT molecular complexity index is 979. The number of sulfonamides is 2. The van der Waals surface area contributed by atoms with Crippen molar-refractivity contribution >= 4 is 25.7 Å². The molecule has 2 aromatic rings. The Kier molecular flexibility index (Phi) is 5.73. The summed E-state index contributed by atoms with van der Waals surface area (Å²) in [7, 11) is -5.88. The fourth-order valence-corrected chi connectivity index (χ4v) is 5.49. The van der Waals surface area contributed by atoms with Gasteiger partial charge in [-0.15, -0.1) is 0 Å². The highest BCUT2D eigenvalue weighted by Gasteiger charge is 2.26. The fourth-order valence-electron chi connectivity index (χ4n) is 2.92. The molecule has 0 spiro atoms. The molecule has 0 aliphatic carbocycles. The number of ether oxygens (including phenoxy) is 1. The summed E-state index contributed by atoms with van der Waals surface area (Å²) in [4.78, 5) is 0.101. The van der Waals surface area contributed by atoms with E-state index in [1.165, 1.54) is 35.7 Å². The molecule has 0 radical (unpaired) electrons. The molecule has 0 bridgehead atoms. The van der Waals surface area contributed by atoms with E-state index in [0.29, 0.717) is 24.5 Å². The van der Waals surface area contributed by atoms with Gasteiger partial charge in [-0.05, 0) is 61.4 Å². The average Bonchev–Trinajstić information content (AvgIpc) is 2.69. The minimum Gasteiger partial charge on any atom is -0.497 e. The quantitative estimate of drug-likeness (QED) is 0.790. The lowest BCUT2D eigenvalue weighted by Crippen LogP contribution is -2.35. The Hall–Kier alpha value is -2.10. The number of hydrogen-bond acceptors (Lipinski definition) is 5. The first-order valence-corrected chi connectivity index (χ1v) is 11.5. The van der Waals surface area contributed by atoms with Crippen LogP contribution in [-0.4, -0.2) is 41.3 Å². The molecule has 1 N–H and O–H groups in total. The van der Waals surface area contributed by atoms with E-state index < -0.39 is 20.0 Å². The first-order valence-electron chi connectivity index (χ1n) is 8.60. The maximum Gasteiger partial charge on any atom is 0.261 e. The molecule has 1 saturated heterocycles. The predicted octanol–water partition coefficient (Wildman–Crippen LogP) is 2.67. The fraction of sp³-hybridized carbons (Fsp3) is 0.333. The number of rotatable bonds is 6. The molecule has 146 valence electrons. The molecule has 0 unspecified atom stereocenters. The number of anilines is 1. The Labute approximate surface area is 160 Å². The minimum absolute atomic E-state index is 0.00378. The zero-order valence-electron chi connectivity index (χ0n) is 15.0. The molecule has 3 rings (SSSR count). The summed E-state index contributed by atoms with van der Waals surface area (Å²) in [6.45, 7) is 1.00. The summed E-state index contributed by atoms with van der Waals surface area (Å²) in [6, 6.07) is 11.8. The van der Waals surface area contributed by atoms with Crippen LogP contribution in [0.5, 0.6) is 5.75 Å². The van der Waals surface area contributed by atoms with Crippen LogP contribution >= 0.6 is 0 Å². The van der Waals surface area contributed by atoms with Crippen molar-refractivity contribution in [1.82, 2.24) is 4.31 Å². The van der Waals surface area contributed by atoms with Crippen molar-refractivity contribution in [3.63, 3.8) is 0 Å². The lowest BCUT2D eigenvalue weighted by molar-refractivity contribution is 0.346. The maximum absolute atomic E-state index is 12.6. The van der Waals surface area contributed by atoms with E-state index in [9.17, 15) is 16.8 Å². The van der Waals surface area contributed by atoms with Gasteiger partial charge in [0.2, 0.25) is 10.0 Å². The number of methoxy groups -OCH3 is 1. The molecule has 1 heterocycles. The van der Waals surface area contributed by atoms with Crippen molar-refractivity contribution in [2.75, 3.05) is 24.9 Å². The molecule has 1 aliphatic rings. The van der Waals surface area contributed by atoms with Crippen LogP contribution < -0.4 is 9.46 Å². The summed E-state index contributed by atoms with van der Waals surface area (Å²) in [5.41, 5.74) is 0.390. The normalized spacial score (nSPS) is 16.0. The SMILES string of the molecule is COc1ccc(NS(=O)(=O)c2ccc(S(=O)(=O)N3CCCCC3)cc2)cc1. The molecule has 2 aromatic carbocycles. The Morgan fingerprint density at radius 2 is 1.37 bits per heavy atom.